The zero-order valence-corrected chi connectivity index (χ0v) is 10.6. The number of piperidine rings is 1. The van der Waals surface area contributed by atoms with Gasteiger partial charge >= 0.3 is 11.0 Å². The lowest BCUT2D eigenvalue weighted by molar-refractivity contribution is -0.380. The van der Waals surface area contributed by atoms with Crippen LogP contribution in [0, 0.1) is 10.1 Å². The van der Waals surface area contributed by atoms with Gasteiger partial charge in [-0.05, 0) is 24.9 Å². The molecule has 2 rings (SSSR count). The zero-order chi connectivity index (χ0) is 13.1. The van der Waals surface area contributed by atoms with Crippen molar-refractivity contribution in [1.29, 1.82) is 0 Å². The number of carbonyl (C=O) groups is 1. The Morgan fingerprint density at radius 1 is 1.61 bits per heavy atom. The summed E-state index contributed by atoms with van der Waals surface area (Å²) in [5, 5.41) is 21.6. The molecule has 1 N–H and O–H groups in total. The van der Waals surface area contributed by atoms with Crippen molar-refractivity contribution >= 4 is 22.3 Å². The summed E-state index contributed by atoms with van der Waals surface area (Å²) in [6, 6.07) is 1.07. The highest BCUT2D eigenvalue weighted by Crippen LogP contribution is 2.26. The molecule has 1 aliphatic heterocycles. The van der Waals surface area contributed by atoms with Crippen LogP contribution in [-0.4, -0.2) is 33.5 Å². The molecular formula is C11H14N2O4S. The van der Waals surface area contributed by atoms with Gasteiger partial charge in [0.05, 0.1) is 4.92 Å². The normalized spacial score (nSPS) is 20.8. The van der Waals surface area contributed by atoms with Crippen molar-refractivity contribution in [3.63, 3.8) is 0 Å². The Hall–Kier alpha value is -1.47. The summed E-state index contributed by atoms with van der Waals surface area (Å²) in [5.41, 5.74) is 0.819. The molecule has 2 heterocycles. The number of carboxylic acids is 1. The number of carboxylic acid groups (broad SMARTS) is 1. The Morgan fingerprint density at radius 2 is 2.39 bits per heavy atom. The fourth-order valence-electron chi connectivity index (χ4n) is 2.24. The largest absolute Gasteiger partial charge is 0.480 e. The summed E-state index contributed by atoms with van der Waals surface area (Å²) in [6.07, 6.45) is 2.56. The molecule has 1 unspecified atom stereocenters. The quantitative estimate of drug-likeness (QED) is 0.669. The van der Waals surface area contributed by atoms with E-state index in [1.165, 1.54) is 6.07 Å². The first-order valence-electron chi connectivity index (χ1n) is 5.76. The van der Waals surface area contributed by atoms with E-state index in [9.17, 15) is 14.9 Å². The summed E-state index contributed by atoms with van der Waals surface area (Å²) in [7, 11) is 0. The van der Waals surface area contributed by atoms with Crippen molar-refractivity contribution in [3.8, 4) is 0 Å². The maximum Gasteiger partial charge on any atom is 0.324 e. The molecule has 7 heteroatoms. The molecule has 18 heavy (non-hydrogen) atoms. The van der Waals surface area contributed by atoms with Crippen molar-refractivity contribution in [2.24, 2.45) is 0 Å². The van der Waals surface area contributed by atoms with Crippen molar-refractivity contribution in [2.45, 2.75) is 31.8 Å². The zero-order valence-electron chi connectivity index (χ0n) is 9.74. The number of rotatable bonds is 4. The number of nitro groups is 1. The highest BCUT2D eigenvalue weighted by Gasteiger charge is 2.28. The van der Waals surface area contributed by atoms with Crippen LogP contribution in [0.3, 0.4) is 0 Å². The Morgan fingerprint density at radius 3 is 3.00 bits per heavy atom. The molecule has 0 bridgehead atoms. The first-order chi connectivity index (χ1) is 8.58. The minimum Gasteiger partial charge on any atom is -0.480 e. The van der Waals surface area contributed by atoms with Crippen molar-refractivity contribution in [1.82, 2.24) is 4.90 Å². The van der Waals surface area contributed by atoms with Crippen LogP contribution in [0.2, 0.25) is 0 Å². The maximum atomic E-state index is 11.1. The van der Waals surface area contributed by atoms with Crippen LogP contribution in [0.15, 0.2) is 11.4 Å². The summed E-state index contributed by atoms with van der Waals surface area (Å²) >= 11 is 1.08. The van der Waals surface area contributed by atoms with E-state index in [0.717, 1.165) is 36.3 Å². The van der Waals surface area contributed by atoms with E-state index in [1.54, 1.807) is 5.38 Å². The van der Waals surface area contributed by atoms with E-state index >= 15 is 0 Å². The van der Waals surface area contributed by atoms with E-state index in [4.69, 9.17) is 5.11 Å². The van der Waals surface area contributed by atoms with Crippen LogP contribution in [-0.2, 0) is 11.3 Å². The first kappa shape index (κ1) is 13.0. The lowest BCUT2D eigenvalue weighted by atomic mass is 10.0. The van der Waals surface area contributed by atoms with Gasteiger partial charge in [0.2, 0.25) is 0 Å². The second kappa shape index (κ2) is 5.45. The number of hydrogen-bond donors (Lipinski definition) is 1. The van der Waals surface area contributed by atoms with E-state index in [2.05, 4.69) is 0 Å². The molecule has 0 amide bonds. The Labute approximate surface area is 108 Å². The van der Waals surface area contributed by atoms with Crippen LogP contribution < -0.4 is 0 Å². The van der Waals surface area contributed by atoms with Crippen LogP contribution in [0.1, 0.15) is 24.8 Å². The van der Waals surface area contributed by atoms with Gasteiger partial charge in [-0.1, -0.05) is 17.8 Å². The summed E-state index contributed by atoms with van der Waals surface area (Å²) in [6.45, 7) is 1.21. The predicted molar refractivity (Wildman–Crippen MR) is 66.7 cm³/mol. The van der Waals surface area contributed by atoms with Crippen molar-refractivity contribution in [3.05, 3.63) is 27.1 Å². The average Bonchev–Trinajstić information content (AvgIpc) is 2.78. The van der Waals surface area contributed by atoms with Crippen LogP contribution in [0.5, 0.6) is 0 Å². The van der Waals surface area contributed by atoms with E-state index in [-0.39, 0.29) is 5.00 Å². The molecule has 6 nitrogen and oxygen atoms in total. The van der Waals surface area contributed by atoms with Gasteiger partial charge in [0.15, 0.2) is 0 Å². The Kier molecular flexibility index (Phi) is 3.93. The van der Waals surface area contributed by atoms with Gasteiger partial charge in [0.25, 0.3) is 0 Å². The van der Waals surface area contributed by atoms with Crippen LogP contribution >= 0.6 is 11.3 Å². The molecule has 0 aromatic carbocycles. The predicted octanol–water partition coefficient (Wildman–Crippen LogP) is 2.10. The molecule has 1 aromatic rings. The topological polar surface area (TPSA) is 83.7 Å². The average molecular weight is 270 g/mol. The van der Waals surface area contributed by atoms with Crippen molar-refractivity contribution in [2.75, 3.05) is 6.54 Å². The molecule has 1 aromatic heterocycles. The lowest BCUT2D eigenvalue weighted by Gasteiger charge is -2.32. The number of hydrogen-bond acceptors (Lipinski definition) is 5. The minimum atomic E-state index is -0.806. The summed E-state index contributed by atoms with van der Waals surface area (Å²) in [5.74, 6) is -0.806. The molecule has 1 saturated heterocycles. The standard InChI is InChI=1S/C11H14N2O4S/c14-11(15)9-3-1-2-4-12(9)6-8-5-10(13(16)17)18-7-8/h5,7,9H,1-4,6H2,(H,14,15). The second-order valence-corrected chi connectivity index (χ2v) is 5.26. The molecule has 1 fully saturated rings. The third-order valence-corrected chi connectivity index (χ3v) is 4.03. The number of thiophene rings is 1. The Balaban J connectivity index is 2.06. The molecule has 98 valence electrons. The summed E-state index contributed by atoms with van der Waals surface area (Å²) in [4.78, 5) is 23.2. The van der Waals surface area contributed by atoms with Gasteiger partial charge in [0, 0.05) is 18.0 Å². The van der Waals surface area contributed by atoms with Crippen LogP contribution in [0.4, 0.5) is 5.00 Å². The van der Waals surface area contributed by atoms with E-state index < -0.39 is 16.9 Å². The van der Waals surface area contributed by atoms with Gasteiger partial charge in [-0.3, -0.25) is 19.8 Å². The fourth-order valence-corrected chi connectivity index (χ4v) is 2.96. The number of nitrogens with zero attached hydrogens (tertiary/aromatic N) is 2. The third kappa shape index (κ3) is 2.85. The monoisotopic (exact) mass is 270 g/mol. The molecule has 0 aliphatic carbocycles. The number of likely N-dealkylation sites (tertiary alicyclic amines) is 1. The Bertz CT molecular complexity index is 460. The highest BCUT2D eigenvalue weighted by molar-refractivity contribution is 7.13. The molecular weight excluding hydrogens is 256 g/mol. The van der Waals surface area contributed by atoms with Gasteiger partial charge in [0.1, 0.15) is 6.04 Å². The molecule has 0 radical (unpaired) electrons. The number of aliphatic carboxylic acids is 1. The third-order valence-electron chi connectivity index (χ3n) is 3.10. The van der Waals surface area contributed by atoms with Gasteiger partial charge in [-0.2, -0.15) is 0 Å². The molecule has 0 spiro atoms. The van der Waals surface area contributed by atoms with Crippen molar-refractivity contribution < 1.29 is 14.8 Å². The van der Waals surface area contributed by atoms with Gasteiger partial charge < -0.3 is 5.11 Å². The van der Waals surface area contributed by atoms with Crippen LogP contribution in [0.25, 0.3) is 0 Å². The van der Waals surface area contributed by atoms with Gasteiger partial charge in [-0.25, -0.2) is 0 Å². The lowest BCUT2D eigenvalue weighted by Crippen LogP contribution is -2.43. The molecule has 0 saturated carbocycles. The smallest absolute Gasteiger partial charge is 0.324 e. The molecule has 1 atom stereocenters. The SMILES string of the molecule is O=C(O)C1CCCCN1Cc1csc([N+](=O)[O-])c1. The first-order valence-corrected chi connectivity index (χ1v) is 6.64. The maximum absolute atomic E-state index is 11.1. The fraction of sp³-hybridized carbons (Fsp3) is 0.545. The highest BCUT2D eigenvalue weighted by atomic mass is 32.1. The van der Waals surface area contributed by atoms with E-state index in [0.29, 0.717) is 13.0 Å². The second-order valence-electron chi connectivity index (χ2n) is 4.37. The molecule has 1 aliphatic rings. The summed E-state index contributed by atoms with van der Waals surface area (Å²) < 4.78 is 0. The van der Waals surface area contributed by atoms with Gasteiger partial charge in [-0.15, -0.1) is 0 Å². The minimum absolute atomic E-state index is 0.105. The van der Waals surface area contributed by atoms with E-state index in [1.807, 2.05) is 4.90 Å².